The molecule has 3 aromatic rings. The number of benzene rings is 3. The van der Waals surface area contributed by atoms with E-state index >= 15 is 0 Å². The second kappa shape index (κ2) is 10.2. The number of Topliss-reactive ketones (excluding diaryl/α,β-unsaturated/α-hetero) is 1. The molecule has 0 aliphatic heterocycles. The second-order valence-electron chi connectivity index (χ2n) is 8.86. The van der Waals surface area contributed by atoms with Crippen molar-refractivity contribution < 1.29 is 19.5 Å². The first-order valence-electron chi connectivity index (χ1n) is 11.1. The first kappa shape index (κ1) is 24.9. The molecule has 35 heavy (non-hydrogen) atoms. The summed E-state index contributed by atoms with van der Waals surface area (Å²) in [5.41, 5.74) is -0.316. The van der Waals surface area contributed by atoms with E-state index in [1.807, 2.05) is 6.07 Å². The molecule has 6 nitrogen and oxygen atoms in total. The number of aliphatic hydroxyl groups is 1. The number of anilines is 2. The van der Waals surface area contributed by atoms with E-state index in [2.05, 4.69) is 10.6 Å². The number of amides is 2. The molecule has 3 N–H and O–H groups in total. The van der Waals surface area contributed by atoms with Gasteiger partial charge in [0.2, 0.25) is 11.8 Å². The maximum atomic E-state index is 13.6. The molecule has 0 saturated heterocycles. The van der Waals surface area contributed by atoms with Gasteiger partial charge in [0.25, 0.3) is 0 Å². The van der Waals surface area contributed by atoms with Crippen molar-refractivity contribution in [3.63, 3.8) is 0 Å². The molecule has 1 aliphatic carbocycles. The van der Waals surface area contributed by atoms with Crippen molar-refractivity contribution in [1.82, 2.24) is 0 Å². The highest BCUT2D eigenvalue weighted by atomic mass is 35.5. The van der Waals surface area contributed by atoms with Crippen LogP contribution in [0.1, 0.15) is 24.8 Å². The van der Waals surface area contributed by atoms with Crippen molar-refractivity contribution in [3.05, 3.63) is 94.5 Å². The van der Waals surface area contributed by atoms with E-state index in [-0.39, 0.29) is 11.4 Å². The molecular weight excluding hydrogens is 487 g/mol. The smallest absolute Gasteiger partial charge is 0.235 e. The summed E-state index contributed by atoms with van der Waals surface area (Å²) in [5.74, 6) is -5.05. The van der Waals surface area contributed by atoms with Crippen LogP contribution in [-0.4, -0.2) is 28.3 Å². The number of ketones is 1. The molecule has 4 unspecified atom stereocenters. The molecule has 0 spiro atoms. The number of carbonyl (C=O) groups is 3. The normalized spacial score (nSPS) is 24.0. The fourth-order valence-electron chi connectivity index (χ4n) is 4.72. The van der Waals surface area contributed by atoms with Gasteiger partial charge in [-0.05, 0) is 48.9 Å². The summed E-state index contributed by atoms with van der Waals surface area (Å²) >= 11 is 12.6. The van der Waals surface area contributed by atoms with Gasteiger partial charge in [0.1, 0.15) is 11.7 Å². The number of para-hydroxylation sites is 2. The quantitative estimate of drug-likeness (QED) is 0.405. The molecule has 1 saturated carbocycles. The van der Waals surface area contributed by atoms with E-state index in [4.69, 9.17) is 23.2 Å². The number of hydrogen-bond acceptors (Lipinski definition) is 4. The van der Waals surface area contributed by atoms with Crippen LogP contribution in [0.5, 0.6) is 0 Å². The Bertz CT molecular complexity index is 1250. The highest BCUT2D eigenvalue weighted by Crippen LogP contribution is 2.48. The van der Waals surface area contributed by atoms with Gasteiger partial charge in [0.15, 0.2) is 0 Å². The van der Waals surface area contributed by atoms with Gasteiger partial charge in [-0.25, -0.2) is 0 Å². The minimum atomic E-state index is -1.73. The zero-order chi connectivity index (χ0) is 25.2. The summed E-state index contributed by atoms with van der Waals surface area (Å²) in [7, 11) is 0. The maximum absolute atomic E-state index is 13.6. The second-order valence-corrected chi connectivity index (χ2v) is 9.70. The number of rotatable bonds is 5. The highest BCUT2D eigenvalue weighted by Gasteiger charge is 2.56. The maximum Gasteiger partial charge on any atom is 0.235 e. The largest absolute Gasteiger partial charge is 0.389 e. The van der Waals surface area contributed by atoms with Gasteiger partial charge in [-0.15, -0.1) is 0 Å². The fraction of sp³-hybridized carbons (Fsp3) is 0.222. The number of hydrogen-bond donors (Lipinski definition) is 3. The summed E-state index contributed by atoms with van der Waals surface area (Å²) in [6, 6.07) is 22.1. The predicted octanol–water partition coefficient (Wildman–Crippen LogP) is 5.31. The lowest BCUT2D eigenvalue weighted by molar-refractivity contribution is -0.150. The van der Waals surface area contributed by atoms with Gasteiger partial charge in [-0.1, -0.05) is 65.7 Å². The van der Waals surface area contributed by atoms with Crippen molar-refractivity contribution in [2.45, 2.75) is 24.9 Å². The topological polar surface area (TPSA) is 95.5 Å². The van der Waals surface area contributed by atoms with Gasteiger partial charge in [0, 0.05) is 33.8 Å². The lowest BCUT2D eigenvalue weighted by atomic mass is 9.61. The Morgan fingerprint density at radius 2 is 1.43 bits per heavy atom. The Morgan fingerprint density at radius 1 is 0.886 bits per heavy atom. The van der Waals surface area contributed by atoms with Crippen molar-refractivity contribution in [2.75, 3.05) is 10.6 Å². The third-order valence-corrected chi connectivity index (χ3v) is 6.80. The fourth-order valence-corrected chi connectivity index (χ4v) is 5.26. The van der Waals surface area contributed by atoms with Crippen molar-refractivity contribution >= 4 is 52.2 Å². The number of nitrogens with one attached hydrogen (secondary N) is 2. The standard InChI is InChI=1S/C27H24Cl2N2O4/c1-27(35)15-21(32)23(25(33)30-17-8-4-2-5-9-17)22(19-13-12-16(28)14-20(19)29)24(27)26(34)31-18-10-6-3-7-11-18/h2-14,22-24,35H,15H2,1H3,(H,30,33)(H,31,34). The summed E-state index contributed by atoms with van der Waals surface area (Å²) in [4.78, 5) is 40.4. The van der Waals surface area contributed by atoms with Crippen LogP contribution in [0, 0.1) is 11.8 Å². The molecule has 0 aromatic heterocycles. The lowest BCUT2D eigenvalue weighted by Gasteiger charge is -2.44. The zero-order valence-electron chi connectivity index (χ0n) is 18.9. The zero-order valence-corrected chi connectivity index (χ0v) is 20.4. The molecule has 3 aromatic carbocycles. The van der Waals surface area contributed by atoms with Gasteiger partial charge < -0.3 is 15.7 Å². The van der Waals surface area contributed by atoms with Gasteiger partial charge >= 0.3 is 0 Å². The van der Waals surface area contributed by atoms with Crippen molar-refractivity contribution in [3.8, 4) is 0 Å². The summed E-state index contributed by atoms with van der Waals surface area (Å²) in [6.45, 7) is 1.43. The average molecular weight is 511 g/mol. The van der Waals surface area contributed by atoms with Crippen LogP contribution in [0.3, 0.4) is 0 Å². The third-order valence-electron chi connectivity index (χ3n) is 6.24. The molecule has 4 atom stereocenters. The highest BCUT2D eigenvalue weighted by molar-refractivity contribution is 6.35. The van der Waals surface area contributed by atoms with E-state index in [1.54, 1.807) is 66.7 Å². The Labute approximate surface area is 213 Å². The molecule has 0 radical (unpaired) electrons. The van der Waals surface area contributed by atoms with Crippen LogP contribution < -0.4 is 10.6 Å². The van der Waals surface area contributed by atoms with Crippen LogP contribution in [0.15, 0.2) is 78.9 Å². The van der Waals surface area contributed by atoms with Crippen LogP contribution in [0.4, 0.5) is 11.4 Å². The molecule has 1 fully saturated rings. The summed E-state index contributed by atoms with van der Waals surface area (Å²) in [5, 5.41) is 17.5. The Balaban J connectivity index is 1.80. The van der Waals surface area contributed by atoms with Crippen molar-refractivity contribution in [2.24, 2.45) is 11.8 Å². The first-order chi connectivity index (χ1) is 16.7. The third kappa shape index (κ3) is 5.40. The number of carbonyl (C=O) groups excluding carboxylic acids is 3. The molecule has 2 amide bonds. The van der Waals surface area contributed by atoms with Gasteiger partial charge in [-0.3, -0.25) is 14.4 Å². The first-order valence-corrected chi connectivity index (χ1v) is 11.8. The molecule has 180 valence electrons. The molecule has 8 heteroatoms. The molecule has 1 aliphatic rings. The molecule has 0 heterocycles. The van der Waals surface area contributed by atoms with Crippen molar-refractivity contribution in [1.29, 1.82) is 0 Å². The summed E-state index contributed by atoms with van der Waals surface area (Å²) < 4.78 is 0. The minimum absolute atomic E-state index is 0.197. The van der Waals surface area contributed by atoms with E-state index in [9.17, 15) is 19.5 Å². The minimum Gasteiger partial charge on any atom is -0.389 e. The van der Waals surface area contributed by atoms with Gasteiger partial charge in [-0.2, -0.15) is 0 Å². The number of halogens is 2. The SMILES string of the molecule is CC1(O)CC(=O)C(C(=O)Nc2ccccc2)C(c2ccc(Cl)cc2Cl)C1C(=O)Nc1ccccc1. The lowest BCUT2D eigenvalue weighted by Crippen LogP contribution is -2.56. The van der Waals surface area contributed by atoms with Crippen LogP contribution in [-0.2, 0) is 14.4 Å². The Hall–Kier alpha value is -3.19. The van der Waals surface area contributed by atoms with Crippen LogP contribution in [0.2, 0.25) is 10.0 Å². The monoisotopic (exact) mass is 510 g/mol. The molecule has 4 rings (SSSR count). The Kier molecular flexibility index (Phi) is 7.26. The van der Waals surface area contributed by atoms with Gasteiger partial charge in [0.05, 0.1) is 11.5 Å². The Morgan fingerprint density at radius 3 is 1.97 bits per heavy atom. The molecule has 0 bridgehead atoms. The van der Waals surface area contributed by atoms with Crippen LogP contribution in [0.25, 0.3) is 0 Å². The molecular formula is C27H24Cl2N2O4. The average Bonchev–Trinajstić information content (AvgIpc) is 2.79. The van der Waals surface area contributed by atoms with E-state index in [1.165, 1.54) is 13.0 Å². The predicted molar refractivity (Wildman–Crippen MR) is 137 cm³/mol. The van der Waals surface area contributed by atoms with Crippen LogP contribution >= 0.6 is 23.2 Å². The van der Waals surface area contributed by atoms with E-state index in [0.717, 1.165) is 0 Å². The van der Waals surface area contributed by atoms with E-state index in [0.29, 0.717) is 22.0 Å². The summed E-state index contributed by atoms with van der Waals surface area (Å²) in [6.07, 6.45) is -0.367. The van der Waals surface area contributed by atoms with E-state index < -0.39 is 41.0 Å².